The van der Waals surface area contributed by atoms with E-state index in [1.54, 1.807) is 13.2 Å². The van der Waals surface area contributed by atoms with Crippen molar-refractivity contribution in [3.63, 3.8) is 0 Å². The Kier molecular flexibility index (Phi) is 7.83. The van der Waals surface area contributed by atoms with Crippen LogP contribution in [0.3, 0.4) is 0 Å². The van der Waals surface area contributed by atoms with E-state index >= 15 is 0 Å². The van der Waals surface area contributed by atoms with Gasteiger partial charge in [-0.1, -0.05) is 24.3 Å². The third kappa shape index (κ3) is 5.58. The predicted molar refractivity (Wildman–Crippen MR) is 128 cm³/mol. The Morgan fingerprint density at radius 2 is 2.03 bits per heavy atom. The quantitative estimate of drug-likeness (QED) is 0.566. The molecule has 2 aromatic carbocycles. The standard InChI is InChI=1S/C27H33FN2O4/c1-33-24-9-8-22(28)18-23(24)21-6-2-5-20(17-21)19-27(10-15-34-16-11-27)26(32)29-12-4-14-30-13-3-7-25(30)31/h2,5-6,8-9,17-18H,3-4,7,10-16,19H2,1H3,(H,29,32). The Hall–Kier alpha value is -2.93. The number of benzene rings is 2. The maximum Gasteiger partial charge on any atom is 0.226 e. The van der Waals surface area contributed by atoms with E-state index in [4.69, 9.17) is 9.47 Å². The first-order chi connectivity index (χ1) is 16.5. The summed E-state index contributed by atoms with van der Waals surface area (Å²) < 4.78 is 24.9. The predicted octanol–water partition coefficient (Wildman–Crippen LogP) is 3.97. The number of methoxy groups -OCH3 is 1. The molecule has 2 aliphatic heterocycles. The molecule has 182 valence electrons. The van der Waals surface area contributed by atoms with E-state index in [0.29, 0.717) is 63.3 Å². The second-order valence-corrected chi connectivity index (χ2v) is 9.21. The minimum atomic E-state index is -0.549. The molecule has 2 aromatic rings. The number of ether oxygens (including phenoxy) is 2. The van der Waals surface area contributed by atoms with Crippen molar-refractivity contribution in [1.29, 1.82) is 0 Å². The molecule has 0 aromatic heterocycles. The number of amides is 2. The van der Waals surface area contributed by atoms with E-state index in [0.717, 1.165) is 30.5 Å². The fourth-order valence-corrected chi connectivity index (χ4v) is 4.99. The highest BCUT2D eigenvalue weighted by atomic mass is 19.1. The second-order valence-electron chi connectivity index (χ2n) is 9.21. The van der Waals surface area contributed by atoms with Crippen molar-refractivity contribution in [2.45, 2.75) is 38.5 Å². The molecule has 0 bridgehead atoms. The monoisotopic (exact) mass is 468 g/mol. The van der Waals surface area contributed by atoms with Gasteiger partial charge in [0.2, 0.25) is 11.8 Å². The Morgan fingerprint density at radius 3 is 2.76 bits per heavy atom. The number of rotatable bonds is 9. The van der Waals surface area contributed by atoms with E-state index in [2.05, 4.69) is 5.32 Å². The molecule has 0 radical (unpaired) electrons. The number of likely N-dealkylation sites (tertiary alicyclic amines) is 1. The highest BCUT2D eigenvalue weighted by Gasteiger charge is 2.40. The molecule has 0 aliphatic carbocycles. The summed E-state index contributed by atoms with van der Waals surface area (Å²) in [6.07, 6.45) is 4.19. The van der Waals surface area contributed by atoms with Crippen LogP contribution in [0.1, 0.15) is 37.7 Å². The molecule has 0 unspecified atom stereocenters. The number of nitrogens with zero attached hydrogens (tertiary/aromatic N) is 1. The van der Waals surface area contributed by atoms with Crippen LogP contribution in [0.15, 0.2) is 42.5 Å². The highest BCUT2D eigenvalue weighted by Crippen LogP contribution is 2.37. The van der Waals surface area contributed by atoms with Crippen molar-refractivity contribution in [3.8, 4) is 16.9 Å². The molecule has 2 amide bonds. The summed E-state index contributed by atoms with van der Waals surface area (Å²) in [4.78, 5) is 27.0. The van der Waals surface area contributed by atoms with E-state index in [1.165, 1.54) is 12.1 Å². The zero-order chi connectivity index (χ0) is 24.0. The number of halogens is 1. The molecular formula is C27H33FN2O4. The van der Waals surface area contributed by atoms with E-state index in [1.807, 2.05) is 29.2 Å². The van der Waals surface area contributed by atoms with Crippen molar-refractivity contribution in [3.05, 3.63) is 53.8 Å². The molecule has 2 aliphatic rings. The number of nitrogens with one attached hydrogen (secondary N) is 1. The Bertz CT molecular complexity index is 1020. The lowest BCUT2D eigenvalue weighted by molar-refractivity contribution is -0.136. The summed E-state index contributed by atoms with van der Waals surface area (Å²) in [5, 5.41) is 3.12. The van der Waals surface area contributed by atoms with Crippen molar-refractivity contribution in [2.75, 3.05) is 40.0 Å². The van der Waals surface area contributed by atoms with Crippen LogP contribution >= 0.6 is 0 Å². The van der Waals surface area contributed by atoms with Crippen molar-refractivity contribution in [2.24, 2.45) is 5.41 Å². The van der Waals surface area contributed by atoms with Gasteiger partial charge in [-0.3, -0.25) is 9.59 Å². The Balaban J connectivity index is 1.46. The van der Waals surface area contributed by atoms with Gasteiger partial charge in [0.25, 0.3) is 0 Å². The van der Waals surface area contributed by atoms with Gasteiger partial charge >= 0.3 is 0 Å². The first kappa shape index (κ1) is 24.2. The number of hydrogen-bond acceptors (Lipinski definition) is 4. The van der Waals surface area contributed by atoms with Gasteiger partial charge in [0, 0.05) is 44.8 Å². The molecule has 34 heavy (non-hydrogen) atoms. The number of carbonyl (C=O) groups excluding carboxylic acids is 2. The maximum atomic E-state index is 13.9. The third-order valence-electron chi connectivity index (χ3n) is 6.94. The smallest absolute Gasteiger partial charge is 0.226 e. The molecule has 2 fully saturated rings. The fourth-order valence-electron chi connectivity index (χ4n) is 4.99. The summed E-state index contributed by atoms with van der Waals surface area (Å²) in [6.45, 7) is 3.15. The average molecular weight is 469 g/mol. The number of carbonyl (C=O) groups is 2. The normalized spacial score (nSPS) is 17.6. The second kappa shape index (κ2) is 11.0. The van der Waals surface area contributed by atoms with Gasteiger partial charge in [-0.15, -0.1) is 0 Å². The van der Waals surface area contributed by atoms with Crippen LogP contribution < -0.4 is 10.1 Å². The van der Waals surface area contributed by atoms with E-state index in [-0.39, 0.29) is 17.6 Å². The SMILES string of the molecule is COc1ccc(F)cc1-c1cccc(CC2(C(=O)NCCCN3CCCC3=O)CCOCC2)c1. The zero-order valence-electron chi connectivity index (χ0n) is 19.8. The summed E-state index contributed by atoms with van der Waals surface area (Å²) in [6, 6.07) is 12.4. The molecule has 7 heteroatoms. The largest absolute Gasteiger partial charge is 0.496 e. The molecule has 2 saturated heterocycles. The lowest BCUT2D eigenvalue weighted by Gasteiger charge is -2.36. The average Bonchev–Trinajstić information content (AvgIpc) is 3.27. The zero-order valence-corrected chi connectivity index (χ0v) is 19.8. The van der Waals surface area contributed by atoms with Crippen LogP contribution in [0, 0.1) is 11.2 Å². The summed E-state index contributed by atoms with van der Waals surface area (Å²) in [5.41, 5.74) is 2.01. The molecular weight excluding hydrogens is 435 g/mol. The Morgan fingerprint density at radius 1 is 1.21 bits per heavy atom. The summed E-state index contributed by atoms with van der Waals surface area (Å²) >= 11 is 0. The topological polar surface area (TPSA) is 67.9 Å². The lowest BCUT2D eigenvalue weighted by Crippen LogP contribution is -2.46. The minimum absolute atomic E-state index is 0.0392. The maximum absolute atomic E-state index is 13.9. The van der Waals surface area contributed by atoms with Crippen LogP contribution in [0.5, 0.6) is 5.75 Å². The van der Waals surface area contributed by atoms with Crippen LogP contribution in [-0.2, 0) is 20.7 Å². The molecule has 0 saturated carbocycles. The van der Waals surface area contributed by atoms with E-state index < -0.39 is 5.41 Å². The van der Waals surface area contributed by atoms with E-state index in [9.17, 15) is 14.0 Å². The molecule has 4 rings (SSSR count). The first-order valence-corrected chi connectivity index (χ1v) is 12.1. The van der Waals surface area contributed by atoms with Crippen molar-refractivity contribution in [1.82, 2.24) is 10.2 Å². The van der Waals surface area contributed by atoms with Crippen molar-refractivity contribution >= 4 is 11.8 Å². The first-order valence-electron chi connectivity index (χ1n) is 12.1. The fraction of sp³-hybridized carbons (Fsp3) is 0.481. The Labute approximate surface area is 200 Å². The van der Waals surface area contributed by atoms with Gasteiger partial charge in [-0.05, 0) is 61.4 Å². The number of hydrogen-bond donors (Lipinski definition) is 1. The van der Waals surface area contributed by atoms with Gasteiger partial charge in [0.15, 0.2) is 0 Å². The van der Waals surface area contributed by atoms with Gasteiger partial charge in [0.05, 0.1) is 12.5 Å². The van der Waals surface area contributed by atoms with Crippen molar-refractivity contribution < 1.29 is 23.5 Å². The third-order valence-corrected chi connectivity index (χ3v) is 6.94. The van der Waals surface area contributed by atoms with Gasteiger partial charge in [-0.25, -0.2) is 4.39 Å². The van der Waals surface area contributed by atoms with Gasteiger partial charge in [0.1, 0.15) is 11.6 Å². The van der Waals surface area contributed by atoms with Gasteiger partial charge < -0.3 is 19.7 Å². The molecule has 6 nitrogen and oxygen atoms in total. The summed E-state index contributed by atoms with van der Waals surface area (Å²) in [5.74, 6) is 0.532. The van der Waals surface area contributed by atoms with Gasteiger partial charge in [-0.2, -0.15) is 0 Å². The lowest BCUT2D eigenvalue weighted by atomic mass is 9.74. The van der Waals surface area contributed by atoms with Crippen LogP contribution in [0.2, 0.25) is 0 Å². The molecule has 1 N–H and O–H groups in total. The molecule has 2 heterocycles. The minimum Gasteiger partial charge on any atom is -0.496 e. The molecule has 0 atom stereocenters. The van der Waals surface area contributed by atoms with Crippen LogP contribution in [-0.4, -0.2) is 56.7 Å². The summed E-state index contributed by atoms with van der Waals surface area (Å²) in [7, 11) is 1.57. The highest BCUT2D eigenvalue weighted by molar-refractivity contribution is 5.83. The van der Waals surface area contributed by atoms with Crippen LogP contribution in [0.4, 0.5) is 4.39 Å². The molecule has 0 spiro atoms. The van der Waals surface area contributed by atoms with Crippen LogP contribution in [0.25, 0.3) is 11.1 Å².